The highest BCUT2D eigenvalue weighted by atomic mass is 79.9. The minimum atomic E-state index is 0.0707. The second-order valence-corrected chi connectivity index (χ2v) is 5.14. The Balaban J connectivity index is 2.16. The Morgan fingerprint density at radius 3 is 2.39 bits per heavy atom. The first-order valence-corrected chi connectivity index (χ1v) is 6.64. The molecule has 1 N–H and O–H groups in total. The second kappa shape index (κ2) is 6.03. The molecule has 0 unspecified atom stereocenters. The van der Waals surface area contributed by atoms with Crippen LogP contribution in [0, 0.1) is 0 Å². The van der Waals surface area contributed by atoms with Crippen LogP contribution < -0.4 is 4.90 Å². The number of nitrogens with zero attached hydrogens (tertiary/aromatic N) is 1. The van der Waals surface area contributed by atoms with Gasteiger partial charge in [0.1, 0.15) is 0 Å². The number of anilines is 1. The third-order valence-electron chi connectivity index (χ3n) is 2.87. The number of benzene rings is 2. The third kappa shape index (κ3) is 3.12. The van der Waals surface area contributed by atoms with Crippen LogP contribution in [-0.4, -0.2) is 12.2 Å². The van der Waals surface area contributed by atoms with Gasteiger partial charge >= 0.3 is 0 Å². The predicted molar refractivity (Wildman–Crippen MR) is 78.6 cm³/mol. The van der Waals surface area contributed by atoms with Crippen molar-refractivity contribution >= 4 is 21.6 Å². The van der Waals surface area contributed by atoms with Crippen LogP contribution in [0.1, 0.15) is 11.1 Å². The highest BCUT2D eigenvalue weighted by Crippen LogP contribution is 2.27. The van der Waals surface area contributed by atoms with Crippen LogP contribution in [0.5, 0.6) is 0 Å². The summed E-state index contributed by atoms with van der Waals surface area (Å²) in [7, 11) is 2.06. The molecule has 0 saturated heterocycles. The maximum absolute atomic E-state index is 9.09. The van der Waals surface area contributed by atoms with Gasteiger partial charge < -0.3 is 10.0 Å². The van der Waals surface area contributed by atoms with Gasteiger partial charge in [0.2, 0.25) is 0 Å². The molecular weight excluding hydrogens is 290 g/mol. The molecule has 0 saturated carbocycles. The first-order valence-electron chi connectivity index (χ1n) is 5.85. The Hall–Kier alpha value is -1.32. The van der Waals surface area contributed by atoms with E-state index in [0.29, 0.717) is 0 Å². The molecular formula is C15H16BrNO. The van der Waals surface area contributed by atoms with E-state index in [2.05, 4.69) is 40.0 Å². The van der Waals surface area contributed by atoms with E-state index in [9.17, 15) is 0 Å². The van der Waals surface area contributed by atoms with Crippen LogP contribution in [0.25, 0.3) is 0 Å². The molecule has 2 aromatic carbocycles. The van der Waals surface area contributed by atoms with Crippen LogP contribution in [0.3, 0.4) is 0 Å². The van der Waals surface area contributed by atoms with E-state index in [0.717, 1.165) is 22.3 Å². The lowest BCUT2D eigenvalue weighted by molar-refractivity contribution is 0.282. The van der Waals surface area contributed by atoms with Gasteiger partial charge in [-0.25, -0.2) is 0 Å². The van der Waals surface area contributed by atoms with Crippen LogP contribution >= 0.6 is 15.9 Å². The number of halogens is 1. The third-order valence-corrected chi connectivity index (χ3v) is 3.50. The van der Waals surface area contributed by atoms with E-state index >= 15 is 0 Å². The molecule has 2 nitrogen and oxygen atoms in total. The number of hydrogen-bond donors (Lipinski definition) is 1. The smallest absolute Gasteiger partial charge is 0.0682 e. The number of rotatable bonds is 4. The van der Waals surface area contributed by atoms with Gasteiger partial charge in [0, 0.05) is 18.1 Å². The zero-order chi connectivity index (χ0) is 13.0. The lowest BCUT2D eigenvalue weighted by Gasteiger charge is -2.21. The van der Waals surface area contributed by atoms with Crippen LogP contribution in [0.4, 0.5) is 5.69 Å². The number of aliphatic hydroxyl groups excluding tert-OH is 1. The molecule has 2 rings (SSSR count). The molecule has 0 fully saturated rings. The average molecular weight is 306 g/mol. The fourth-order valence-corrected chi connectivity index (χ4v) is 2.63. The minimum Gasteiger partial charge on any atom is -0.392 e. The molecule has 0 bridgehead atoms. The highest BCUT2D eigenvalue weighted by Gasteiger charge is 2.07. The molecule has 0 aliphatic heterocycles. The summed E-state index contributed by atoms with van der Waals surface area (Å²) in [6, 6.07) is 16.3. The summed E-state index contributed by atoms with van der Waals surface area (Å²) < 4.78 is 1.01. The summed E-state index contributed by atoms with van der Waals surface area (Å²) in [4.78, 5) is 2.18. The molecule has 0 heterocycles. The maximum Gasteiger partial charge on any atom is 0.0682 e. The summed E-state index contributed by atoms with van der Waals surface area (Å²) in [5, 5.41) is 9.09. The van der Waals surface area contributed by atoms with Gasteiger partial charge in [0.05, 0.1) is 12.3 Å². The molecule has 0 amide bonds. The van der Waals surface area contributed by atoms with E-state index in [4.69, 9.17) is 5.11 Å². The van der Waals surface area contributed by atoms with Crippen molar-refractivity contribution in [3.8, 4) is 0 Å². The van der Waals surface area contributed by atoms with Crippen molar-refractivity contribution in [3.05, 3.63) is 64.1 Å². The standard InChI is InChI=1S/C15H16BrNO/c1-17(10-12-5-3-2-4-6-12)15-8-7-13(11-18)9-14(15)16/h2-9,18H,10-11H2,1H3. The highest BCUT2D eigenvalue weighted by molar-refractivity contribution is 9.10. The Morgan fingerprint density at radius 2 is 1.78 bits per heavy atom. The molecule has 0 radical (unpaired) electrons. The van der Waals surface area contributed by atoms with Gasteiger partial charge in [-0.2, -0.15) is 0 Å². The summed E-state index contributed by atoms with van der Waals surface area (Å²) in [6.07, 6.45) is 0. The van der Waals surface area contributed by atoms with Gasteiger partial charge in [0.15, 0.2) is 0 Å². The van der Waals surface area contributed by atoms with Crippen molar-refractivity contribution in [2.45, 2.75) is 13.2 Å². The summed E-state index contributed by atoms with van der Waals surface area (Å²) in [6.45, 7) is 0.930. The SMILES string of the molecule is CN(Cc1ccccc1)c1ccc(CO)cc1Br. The van der Waals surface area contributed by atoms with Gasteiger partial charge in [0.25, 0.3) is 0 Å². The molecule has 0 aliphatic carbocycles. The molecule has 18 heavy (non-hydrogen) atoms. The first-order chi connectivity index (χ1) is 8.70. The van der Waals surface area contributed by atoms with Crippen LogP contribution in [-0.2, 0) is 13.2 Å². The normalized spacial score (nSPS) is 10.4. The monoisotopic (exact) mass is 305 g/mol. The van der Waals surface area contributed by atoms with Crippen molar-refractivity contribution < 1.29 is 5.11 Å². The molecule has 3 heteroatoms. The quantitative estimate of drug-likeness (QED) is 0.933. The van der Waals surface area contributed by atoms with Gasteiger partial charge in [-0.3, -0.25) is 0 Å². The number of hydrogen-bond acceptors (Lipinski definition) is 2. The minimum absolute atomic E-state index is 0.0707. The van der Waals surface area contributed by atoms with E-state index < -0.39 is 0 Å². The predicted octanol–water partition coefficient (Wildman–Crippen LogP) is 3.58. The van der Waals surface area contributed by atoms with E-state index in [1.807, 2.05) is 36.4 Å². The average Bonchev–Trinajstić information content (AvgIpc) is 2.39. The fraction of sp³-hybridized carbons (Fsp3) is 0.200. The van der Waals surface area contributed by atoms with Crippen molar-refractivity contribution in [2.24, 2.45) is 0 Å². The Labute approximate surface area is 116 Å². The Morgan fingerprint density at radius 1 is 1.06 bits per heavy atom. The van der Waals surface area contributed by atoms with Crippen LogP contribution in [0.2, 0.25) is 0 Å². The van der Waals surface area contributed by atoms with Crippen molar-refractivity contribution in [2.75, 3.05) is 11.9 Å². The first kappa shape index (κ1) is 13.1. The zero-order valence-electron chi connectivity index (χ0n) is 10.3. The van der Waals surface area contributed by atoms with Gasteiger partial charge in [-0.15, -0.1) is 0 Å². The van der Waals surface area contributed by atoms with E-state index in [1.54, 1.807) is 0 Å². The molecule has 0 atom stereocenters. The summed E-state index contributed by atoms with van der Waals surface area (Å²) >= 11 is 3.55. The summed E-state index contributed by atoms with van der Waals surface area (Å²) in [5.74, 6) is 0. The number of aliphatic hydroxyl groups is 1. The van der Waals surface area contributed by atoms with Gasteiger partial charge in [-0.05, 0) is 39.2 Å². The van der Waals surface area contributed by atoms with Crippen molar-refractivity contribution in [1.82, 2.24) is 0 Å². The van der Waals surface area contributed by atoms with E-state index in [-0.39, 0.29) is 6.61 Å². The largest absolute Gasteiger partial charge is 0.392 e. The Bertz CT molecular complexity index is 513. The molecule has 94 valence electrons. The maximum atomic E-state index is 9.09. The summed E-state index contributed by atoms with van der Waals surface area (Å²) in [5.41, 5.74) is 3.31. The van der Waals surface area contributed by atoms with Crippen LogP contribution in [0.15, 0.2) is 53.0 Å². The second-order valence-electron chi connectivity index (χ2n) is 4.29. The zero-order valence-corrected chi connectivity index (χ0v) is 11.9. The van der Waals surface area contributed by atoms with Crippen molar-refractivity contribution in [1.29, 1.82) is 0 Å². The molecule has 0 aromatic heterocycles. The lowest BCUT2D eigenvalue weighted by Crippen LogP contribution is -2.16. The fourth-order valence-electron chi connectivity index (χ4n) is 1.90. The van der Waals surface area contributed by atoms with Crippen molar-refractivity contribution in [3.63, 3.8) is 0 Å². The lowest BCUT2D eigenvalue weighted by atomic mass is 10.2. The molecule has 0 aliphatic rings. The molecule has 0 spiro atoms. The van der Waals surface area contributed by atoms with Gasteiger partial charge in [-0.1, -0.05) is 36.4 Å². The van der Waals surface area contributed by atoms with E-state index in [1.165, 1.54) is 5.56 Å². The Kier molecular flexibility index (Phi) is 4.39. The molecule has 2 aromatic rings. The topological polar surface area (TPSA) is 23.5 Å².